The quantitative estimate of drug-likeness (QED) is 0.850. The second-order valence-corrected chi connectivity index (χ2v) is 4.93. The van der Waals surface area contributed by atoms with Crippen LogP contribution in [0.25, 0.3) is 10.2 Å². The number of nitrogens with one attached hydrogen (secondary N) is 1. The maximum absolute atomic E-state index is 11.8. The fourth-order valence-electron chi connectivity index (χ4n) is 1.41. The molecule has 1 heterocycles. The van der Waals surface area contributed by atoms with Crippen molar-refractivity contribution in [3.63, 3.8) is 0 Å². The number of nitrogens with zero attached hydrogens (tertiary/aromatic N) is 1. The summed E-state index contributed by atoms with van der Waals surface area (Å²) in [5.41, 5.74) is 6.82. The Morgan fingerprint density at radius 1 is 1.45 bits per heavy atom. The Hall–Kier alpha value is -1.87. The van der Waals surface area contributed by atoms with Gasteiger partial charge in [-0.1, -0.05) is 11.3 Å². The van der Waals surface area contributed by atoms with E-state index in [1.54, 1.807) is 18.2 Å². The molecule has 0 fully saturated rings. The number of thiazole rings is 1. The third kappa shape index (κ3) is 4.07. The molecule has 0 aliphatic heterocycles. The predicted molar refractivity (Wildman–Crippen MR) is 69.5 cm³/mol. The van der Waals surface area contributed by atoms with Gasteiger partial charge in [-0.05, 0) is 18.2 Å². The average molecular weight is 305 g/mol. The van der Waals surface area contributed by atoms with E-state index in [0.717, 1.165) is 4.70 Å². The van der Waals surface area contributed by atoms with Gasteiger partial charge in [0.25, 0.3) is 5.91 Å². The summed E-state index contributed by atoms with van der Waals surface area (Å²) >= 11 is 1.18. The lowest BCUT2D eigenvalue weighted by molar-refractivity contribution is -0.174. The minimum Gasteiger partial charge on any atom is -0.399 e. The van der Waals surface area contributed by atoms with Crippen molar-refractivity contribution in [2.45, 2.75) is 6.18 Å². The summed E-state index contributed by atoms with van der Waals surface area (Å²) < 4.78 is 40.5. The number of hydrogen-bond donors (Lipinski definition) is 2. The van der Waals surface area contributed by atoms with E-state index in [0.29, 0.717) is 11.2 Å². The van der Waals surface area contributed by atoms with Crippen molar-refractivity contribution in [2.24, 2.45) is 0 Å². The number of carbonyl (C=O) groups excluding carboxylic acids is 1. The van der Waals surface area contributed by atoms with Gasteiger partial charge < -0.3 is 10.5 Å². The molecule has 1 amide bonds. The molecular weight excluding hydrogens is 295 g/mol. The van der Waals surface area contributed by atoms with E-state index in [9.17, 15) is 18.0 Å². The highest BCUT2D eigenvalue weighted by Crippen LogP contribution is 2.27. The van der Waals surface area contributed by atoms with Crippen LogP contribution in [0, 0.1) is 0 Å². The molecule has 0 unspecified atom stereocenters. The van der Waals surface area contributed by atoms with Crippen LogP contribution in [0.15, 0.2) is 18.2 Å². The maximum Gasteiger partial charge on any atom is 0.411 e. The Labute approximate surface area is 115 Å². The molecule has 108 valence electrons. The molecule has 0 spiro atoms. The van der Waals surface area contributed by atoms with Crippen LogP contribution in [-0.2, 0) is 9.53 Å². The molecule has 1 aromatic heterocycles. The first-order valence-corrected chi connectivity index (χ1v) is 6.25. The number of rotatable bonds is 4. The summed E-state index contributed by atoms with van der Waals surface area (Å²) in [5.74, 6) is -0.693. The molecule has 2 rings (SSSR count). The Morgan fingerprint density at radius 2 is 2.20 bits per heavy atom. The molecule has 0 aliphatic rings. The van der Waals surface area contributed by atoms with Gasteiger partial charge in [0.05, 0.1) is 10.2 Å². The van der Waals surface area contributed by atoms with Gasteiger partial charge in [0.1, 0.15) is 13.2 Å². The third-order valence-electron chi connectivity index (χ3n) is 2.16. The summed E-state index contributed by atoms with van der Waals surface area (Å²) in [6, 6.07) is 5.06. The topological polar surface area (TPSA) is 77.2 Å². The SMILES string of the molecule is Nc1ccc2nc(NC(=O)COCC(F)(F)F)sc2c1. The molecule has 3 N–H and O–H groups in total. The number of amides is 1. The molecule has 0 atom stereocenters. The highest BCUT2D eigenvalue weighted by molar-refractivity contribution is 7.22. The summed E-state index contributed by atoms with van der Waals surface area (Å²) in [5, 5.41) is 2.66. The largest absolute Gasteiger partial charge is 0.411 e. The van der Waals surface area contributed by atoms with Gasteiger partial charge in [-0.2, -0.15) is 13.2 Å². The second-order valence-electron chi connectivity index (χ2n) is 3.90. The zero-order valence-corrected chi connectivity index (χ0v) is 10.8. The molecule has 0 bridgehead atoms. The number of anilines is 2. The fourth-order valence-corrected chi connectivity index (χ4v) is 2.34. The van der Waals surface area contributed by atoms with Gasteiger partial charge in [0.15, 0.2) is 5.13 Å². The number of ether oxygens (including phenoxy) is 1. The number of fused-ring (bicyclic) bond motifs is 1. The Morgan fingerprint density at radius 3 is 2.90 bits per heavy atom. The summed E-state index contributed by atoms with van der Waals surface area (Å²) in [6.07, 6.45) is -4.45. The first-order valence-electron chi connectivity index (χ1n) is 5.44. The van der Waals surface area contributed by atoms with Gasteiger partial charge in [0.2, 0.25) is 0 Å². The van der Waals surface area contributed by atoms with E-state index in [4.69, 9.17) is 5.73 Å². The molecule has 9 heteroatoms. The molecule has 0 aliphatic carbocycles. The van der Waals surface area contributed by atoms with Crippen molar-refractivity contribution < 1.29 is 22.7 Å². The van der Waals surface area contributed by atoms with Crippen molar-refractivity contribution in [3.05, 3.63) is 18.2 Å². The van der Waals surface area contributed by atoms with Crippen molar-refractivity contribution in [1.29, 1.82) is 0 Å². The highest BCUT2D eigenvalue weighted by atomic mass is 32.1. The number of nitrogens with two attached hydrogens (primary N) is 1. The van der Waals surface area contributed by atoms with Gasteiger partial charge in [0, 0.05) is 5.69 Å². The maximum atomic E-state index is 11.8. The number of nitrogen functional groups attached to an aromatic ring is 1. The van der Waals surface area contributed by atoms with Crippen LogP contribution < -0.4 is 11.1 Å². The van der Waals surface area contributed by atoms with E-state index in [2.05, 4.69) is 15.0 Å². The van der Waals surface area contributed by atoms with Crippen molar-refractivity contribution in [2.75, 3.05) is 24.3 Å². The molecule has 1 aromatic carbocycles. The lowest BCUT2D eigenvalue weighted by atomic mass is 10.3. The van der Waals surface area contributed by atoms with E-state index < -0.39 is 25.3 Å². The highest BCUT2D eigenvalue weighted by Gasteiger charge is 2.27. The van der Waals surface area contributed by atoms with Gasteiger partial charge in [-0.25, -0.2) is 4.98 Å². The Kier molecular flexibility index (Phi) is 4.09. The molecule has 5 nitrogen and oxygen atoms in total. The number of aromatic nitrogens is 1. The van der Waals surface area contributed by atoms with Crippen LogP contribution >= 0.6 is 11.3 Å². The minimum absolute atomic E-state index is 0.284. The van der Waals surface area contributed by atoms with E-state index >= 15 is 0 Å². The smallest absolute Gasteiger partial charge is 0.399 e. The lowest BCUT2D eigenvalue weighted by Crippen LogP contribution is -2.23. The fraction of sp³-hybridized carbons (Fsp3) is 0.273. The van der Waals surface area contributed by atoms with Crippen LogP contribution in [-0.4, -0.2) is 30.3 Å². The third-order valence-corrected chi connectivity index (χ3v) is 3.09. The van der Waals surface area contributed by atoms with E-state index in [-0.39, 0.29) is 5.13 Å². The number of hydrogen-bond acceptors (Lipinski definition) is 5. The van der Waals surface area contributed by atoms with E-state index in [1.807, 2.05) is 0 Å². The zero-order valence-electron chi connectivity index (χ0n) is 10.0. The number of benzene rings is 1. The molecule has 0 radical (unpaired) electrons. The normalized spacial score (nSPS) is 11.8. The Bertz CT molecular complexity index is 627. The standard InChI is InChI=1S/C11H10F3N3O2S/c12-11(13,14)5-19-4-9(18)17-10-16-7-2-1-6(15)3-8(7)20-10/h1-3H,4-5,15H2,(H,16,17,18). The van der Waals surface area contributed by atoms with Gasteiger partial charge >= 0.3 is 6.18 Å². The first kappa shape index (κ1) is 14.5. The summed E-state index contributed by atoms with van der Waals surface area (Å²) in [7, 11) is 0. The van der Waals surface area contributed by atoms with E-state index in [1.165, 1.54) is 11.3 Å². The molecular formula is C11H10F3N3O2S. The summed E-state index contributed by atoms with van der Waals surface area (Å²) in [4.78, 5) is 15.5. The lowest BCUT2D eigenvalue weighted by Gasteiger charge is -2.06. The molecule has 0 saturated carbocycles. The number of halogens is 3. The average Bonchev–Trinajstić information content (AvgIpc) is 2.68. The number of carbonyl (C=O) groups is 1. The second kappa shape index (κ2) is 5.63. The minimum atomic E-state index is -4.45. The van der Waals surface area contributed by atoms with Crippen molar-refractivity contribution in [3.8, 4) is 0 Å². The van der Waals surface area contributed by atoms with Crippen LogP contribution in [0.3, 0.4) is 0 Å². The van der Waals surface area contributed by atoms with Gasteiger partial charge in [-0.3, -0.25) is 10.1 Å². The monoisotopic (exact) mass is 305 g/mol. The zero-order chi connectivity index (χ0) is 14.8. The van der Waals surface area contributed by atoms with Crippen molar-refractivity contribution in [1.82, 2.24) is 4.98 Å². The summed E-state index contributed by atoms with van der Waals surface area (Å²) in [6.45, 7) is -2.14. The Balaban J connectivity index is 1.93. The predicted octanol–water partition coefficient (Wildman–Crippen LogP) is 2.40. The number of alkyl halides is 3. The first-order chi connectivity index (χ1) is 9.33. The van der Waals surface area contributed by atoms with Crippen molar-refractivity contribution >= 4 is 38.3 Å². The van der Waals surface area contributed by atoms with Gasteiger partial charge in [-0.15, -0.1) is 0 Å². The van der Waals surface area contributed by atoms with Crippen LogP contribution in [0.1, 0.15) is 0 Å². The molecule has 0 saturated heterocycles. The van der Waals surface area contributed by atoms with Crippen LogP contribution in [0.5, 0.6) is 0 Å². The molecule has 2 aromatic rings. The molecule has 20 heavy (non-hydrogen) atoms. The van der Waals surface area contributed by atoms with Crippen LogP contribution in [0.4, 0.5) is 24.0 Å². The van der Waals surface area contributed by atoms with Crippen LogP contribution in [0.2, 0.25) is 0 Å².